The molecule has 0 saturated heterocycles. The first-order valence-corrected chi connectivity index (χ1v) is 11.7. The highest BCUT2D eigenvalue weighted by molar-refractivity contribution is 8.00. The summed E-state index contributed by atoms with van der Waals surface area (Å²) in [5, 5.41) is 11.9. The SMILES string of the molecule is O=C(CSc1nnc(-c2ccccc2)c2ccccc12)N1CC=C(c2ccccc2)CC1. The highest BCUT2D eigenvalue weighted by Crippen LogP contribution is 2.32. The molecule has 5 heteroatoms. The molecular weight excluding hydrogens is 414 g/mol. The maximum absolute atomic E-state index is 12.9. The van der Waals surface area contributed by atoms with Crippen LogP contribution in [0.2, 0.25) is 0 Å². The number of hydrogen-bond acceptors (Lipinski definition) is 4. The van der Waals surface area contributed by atoms with Crippen molar-refractivity contribution in [2.45, 2.75) is 11.4 Å². The van der Waals surface area contributed by atoms with Gasteiger partial charge in [0.1, 0.15) is 10.7 Å². The molecule has 0 atom stereocenters. The van der Waals surface area contributed by atoms with Crippen LogP contribution < -0.4 is 0 Å². The summed E-state index contributed by atoms with van der Waals surface area (Å²) in [5.74, 6) is 0.495. The number of amides is 1. The van der Waals surface area contributed by atoms with Crippen molar-refractivity contribution in [2.75, 3.05) is 18.8 Å². The third-order valence-corrected chi connectivity index (χ3v) is 6.71. The average molecular weight is 438 g/mol. The molecule has 0 N–H and O–H groups in total. The largest absolute Gasteiger partial charge is 0.338 e. The summed E-state index contributed by atoms with van der Waals surface area (Å²) in [5.41, 5.74) is 4.47. The van der Waals surface area contributed by atoms with Gasteiger partial charge in [-0.1, -0.05) is 103 Å². The zero-order chi connectivity index (χ0) is 21.8. The molecule has 0 radical (unpaired) electrons. The molecule has 0 saturated carbocycles. The predicted octanol–water partition coefficient (Wildman–Crippen LogP) is 5.70. The van der Waals surface area contributed by atoms with Crippen LogP contribution in [0.5, 0.6) is 0 Å². The van der Waals surface area contributed by atoms with Gasteiger partial charge in [0.25, 0.3) is 0 Å². The zero-order valence-electron chi connectivity index (χ0n) is 17.6. The third kappa shape index (κ3) is 4.30. The van der Waals surface area contributed by atoms with Crippen LogP contribution in [0, 0.1) is 0 Å². The van der Waals surface area contributed by atoms with Crippen molar-refractivity contribution in [3.63, 3.8) is 0 Å². The van der Waals surface area contributed by atoms with Gasteiger partial charge in [-0.25, -0.2) is 0 Å². The molecule has 0 aliphatic carbocycles. The van der Waals surface area contributed by atoms with Gasteiger partial charge >= 0.3 is 0 Å². The Morgan fingerprint density at radius 3 is 2.16 bits per heavy atom. The van der Waals surface area contributed by atoms with Gasteiger partial charge in [0.15, 0.2) is 0 Å². The second kappa shape index (κ2) is 9.37. The summed E-state index contributed by atoms with van der Waals surface area (Å²) in [6, 6.07) is 28.6. The fourth-order valence-corrected chi connectivity index (χ4v) is 4.90. The first-order valence-electron chi connectivity index (χ1n) is 10.8. The molecule has 0 unspecified atom stereocenters. The number of aromatic nitrogens is 2. The van der Waals surface area contributed by atoms with Gasteiger partial charge < -0.3 is 4.90 Å². The molecule has 0 fully saturated rings. The molecule has 0 bridgehead atoms. The lowest BCUT2D eigenvalue weighted by atomic mass is 10.00. The van der Waals surface area contributed by atoms with Crippen LogP contribution >= 0.6 is 11.8 Å². The lowest BCUT2D eigenvalue weighted by molar-refractivity contribution is -0.127. The second-order valence-corrected chi connectivity index (χ2v) is 8.70. The Morgan fingerprint density at radius 2 is 1.47 bits per heavy atom. The van der Waals surface area contributed by atoms with Crippen molar-refractivity contribution in [3.05, 3.63) is 96.6 Å². The van der Waals surface area contributed by atoms with Crippen molar-refractivity contribution in [2.24, 2.45) is 0 Å². The van der Waals surface area contributed by atoms with Gasteiger partial charge in [0.05, 0.1) is 5.75 Å². The number of benzene rings is 3. The number of fused-ring (bicyclic) bond motifs is 1. The summed E-state index contributed by atoms with van der Waals surface area (Å²) < 4.78 is 0. The van der Waals surface area contributed by atoms with E-state index in [1.54, 1.807) is 0 Å². The fourth-order valence-electron chi connectivity index (χ4n) is 4.03. The Bertz CT molecular complexity index is 1270. The second-order valence-electron chi connectivity index (χ2n) is 7.74. The normalized spacial score (nSPS) is 13.8. The van der Waals surface area contributed by atoms with E-state index in [1.165, 1.54) is 22.9 Å². The zero-order valence-corrected chi connectivity index (χ0v) is 18.5. The summed E-state index contributed by atoms with van der Waals surface area (Å²) in [6.07, 6.45) is 3.06. The number of carbonyl (C=O) groups excluding carboxylic acids is 1. The summed E-state index contributed by atoms with van der Waals surface area (Å²) in [6.45, 7) is 1.41. The predicted molar refractivity (Wildman–Crippen MR) is 131 cm³/mol. The first kappa shape index (κ1) is 20.5. The van der Waals surface area contributed by atoms with E-state index in [0.717, 1.165) is 40.0 Å². The van der Waals surface area contributed by atoms with Crippen LogP contribution in [0.15, 0.2) is 96.0 Å². The van der Waals surface area contributed by atoms with E-state index in [9.17, 15) is 4.79 Å². The van der Waals surface area contributed by atoms with E-state index in [4.69, 9.17) is 0 Å². The fraction of sp³-hybridized carbons (Fsp3) is 0.148. The Labute approximate surface area is 192 Å². The molecule has 1 aliphatic rings. The minimum absolute atomic E-state index is 0.136. The number of carbonyl (C=O) groups is 1. The molecule has 2 heterocycles. The molecule has 1 aliphatic heterocycles. The molecule has 1 amide bonds. The van der Waals surface area contributed by atoms with E-state index < -0.39 is 0 Å². The number of hydrogen-bond donors (Lipinski definition) is 0. The van der Waals surface area contributed by atoms with Crippen molar-refractivity contribution < 1.29 is 4.79 Å². The van der Waals surface area contributed by atoms with E-state index >= 15 is 0 Å². The third-order valence-electron chi connectivity index (χ3n) is 5.74. The van der Waals surface area contributed by atoms with Gasteiger partial charge in [-0.15, -0.1) is 10.2 Å². The summed E-state index contributed by atoms with van der Waals surface area (Å²) >= 11 is 1.47. The minimum Gasteiger partial charge on any atom is -0.338 e. The van der Waals surface area contributed by atoms with Crippen molar-refractivity contribution >= 4 is 34.0 Å². The van der Waals surface area contributed by atoms with Crippen LogP contribution in [0.25, 0.3) is 27.6 Å². The standard InChI is InChI=1S/C27H23N3OS/c31-25(30-17-15-21(16-18-30)20-9-3-1-4-10-20)19-32-27-24-14-8-7-13-23(24)26(28-29-27)22-11-5-2-6-12-22/h1-15H,16-19H2. The Hall–Kier alpha value is -3.44. The molecule has 5 rings (SSSR count). The van der Waals surface area contributed by atoms with Crippen LogP contribution in [0.1, 0.15) is 12.0 Å². The van der Waals surface area contributed by atoms with Gasteiger partial charge in [-0.05, 0) is 17.6 Å². The van der Waals surface area contributed by atoms with Crippen molar-refractivity contribution in [1.29, 1.82) is 0 Å². The monoisotopic (exact) mass is 437 g/mol. The minimum atomic E-state index is 0.136. The Balaban J connectivity index is 1.30. The maximum atomic E-state index is 12.9. The van der Waals surface area contributed by atoms with Crippen molar-refractivity contribution in [1.82, 2.24) is 15.1 Å². The van der Waals surface area contributed by atoms with Crippen molar-refractivity contribution in [3.8, 4) is 11.3 Å². The average Bonchev–Trinajstić information content (AvgIpc) is 2.88. The molecular formula is C27H23N3OS. The van der Waals surface area contributed by atoms with E-state index in [1.807, 2.05) is 53.4 Å². The highest BCUT2D eigenvalue weighted by Gasteiger charge is 2.19. The number of rotatable bonds is 5. The first-order chi connectivity index (χ1) is 15.8. The summed E-state index contributed by atoms with van der Waals surface area (Å²) in [7, 11) is 0. The Kier molecular flexibility index (Phi) is 5.99. The van der Waals surface area contributed by atoms with Gasteiger partial charge in [-0.2, -0.15) is 0 Å². The van der Waals surface area contributed by atoms with E-state index in [-0.39, 0.29) is 5.91 Å². The molecule has 0 spiro atoms. The number of nitrogens with zero attached hydrogens (tertiary/aromatic N) is 3. The summed E-state index contributed by atoms with van der Waals surface area (Å²) in [4.78, 5) is 14.8. The van der Waals surface area contributed by atoms with Gasteiger partial charge in [-0.3, -0.25) is 4.79 Å². The Morgan fingerprint density at radius 1 is 0.812 bits per heavy atom. The molecule has 158 valence electrons. The maximum Gasteiger partial charge on any atom is 0.233 e. The lowest BCUT2D eigenvalue weighted by Crippen LogP contribution is -2.35. The van der Waals surface area contributed by atoms with Crippen LogP contribution in [0.4, 0.5) is 0 Å². The van der Waals surface area contributed by atoms with Crippen LogP contribution in [0.3, 0.4) is 0 Å². The van der Waals surface area contributed by atoms with Gasteiger partial charge in [0.2, 0.25) is 5.91 Å². The smallest absolute Gasteiger partial charge is 0.233 e. The molecule has 1 aromatic heterocycles. The van der Waals surface area contributed by atoms with Crippen LogP contribution in [-0.4, -0.2) is 39.8 Å². The van der Waals surface area contributed by atoms with Gasteiger partial charge in [0, 0.05) is 29.4 Å². The number of thioether (sulfide) groups is 1. The lowest BCUT2D eigenvalue weighted by Gasteiger charge is -2.26. The molecule has 4 aromatic rings. The molecule has 4 nitrogen and oxygen atoms in total. The molecule has 32 heavy (non-hydrogen) atoms. The van der Waals surface area contributed by atoms with Crippen LogP contribution in [-0.2, 0) is 4.79 Å². The topological polar surface area (TPSA) is 46.1 Å². The van der Waals surface area contributed by atoms with E-state index in [0.29, 0.717) is 12.3 Å². The molecule has 3 aromatic carbocycles. The highest BCUT2D eigenvalue weighted by atomic mass is 32.2. The van der Waals surface area contributed by atoms with E-state index in [2.05, 4.69) is 52.7 Å². The quantitative estimate of drug-likeness (QED) is 0.376.